The standard InChI is InChI=1S/C28H17N2O3P/c31-34-24-8-1-4-20(18-10-14-29-15-11-18)26(24)32-22-6-3-7-23(28(22)34)33-27-21(5-2-9-25(27)34)19-12-16-30-17-13-19/h1-17H. The molecular formula is C28H17N2O3P. The van der Waals surface area contributed by atoms with Crippen molar-refractivity contribution in [3.63, 3.8) is 0 Å². The van der Waals surface area contributed by atoms with Gasteiger partial charge in [0.1, 0.15) is 28.3 Å². The minimum Gasteiger partial charge on any atom is -0.455 e. The fraction of sp³-hybridized carbons (Fsp3) is 0. The van der Waals surface area contributed by atoms with E-state index in [9.17, 15) is 0 Å². The van der Waals surface area contributed by atoms with Crippen molar-refractivity contribution in [2.75, 3.05) is 0 Å². The van der Waals surface area contributed by atoms with E-state index in [2.05, 4.69) is 9.97 Å². The van der Waals surface area contributed by atoms with E-state index in [0.717, 1.165) is 22.3 Å². The van der Waals surface area contributed by atoms with E-state index in [1.54, 1.807) is 24.8 Å². The minimum absolute atomic E-state index is 0.565. The number of hydrogen-bond donors (Lipinski definition) is 0. The number of nitrogens with zero attached hydrogens (tertiary/aromatic N) is 2. The molecule has 0 unspecified atom stereocenters. The summed E-state index contributed by atoms with van der Waals surface area (Å²) in [6, 6.07) is 25.0. The summed E-state index contributed by atoms with van der Waals surface area (Å²) in [5.74, 6) is 2.36. The van der Waals surface area contributed by atoms with Crippen molar-refractivity contribution in [1.82, 2.24) is 9.97 Å². The minimum atomic E-state index is -3.29. The monoisotopic (exact) mass is 460 g/mol. The van der Waals surface area contributed by atoms with Gasteiger partial charge in [-0.1, -0.05) is 30.3 Å². The van der Waals surface area contributed by atoms with Crippen LogP contribution in [0.4, 0.5) is 0 Å². The van der Waals surface area contributed by atoms with Crippen LogP contribution in [0, 0.1) is 0 Å². The molecule has 0 amide bonds. The Balaban J connectivity index is 1.56. The third kappa shape index (κ3) is 2.59. The van der Waals surface area contributed by atoms with Gasteiger partial charge in [0.25, 0.3) is 0 Å². The number of pyridine rings is 2. The van der Waals surface area contributed by atoms with Crippen LogP contribution < -0.4 is 25.4 Å². The molecule has 0 fully saturated rings. The molecule has 5 aromatic rings. The van der Waals surface area contributed by atoms with E-state index < -0.39 is 7.14 Å². The summed E-state index contributed by atoms with van der Waals surface area (Å²) in [5, 5.41) is 1.98. The molecule has 0 saturated carbocycles. The summed E-state index contributed by atoms with van der Waals surface area (Å²) >= 11 is 0. The third-order valence-corrected chi connectivity index (χ3v) is 9.48. The van der Waals surface area contributed by atoms with E-state index in [4.69, 9.17) is 9.47 Å². The molecule has 162 valence electrons. The Morgan fingerprint density at radius 2 is 1.00 bits per heavy atom. The van der Waals surface area contributed by atoms with E-state index in [1.165, 1.54) is 0 Å². The van der Waals surface area contributed by atoms with Crippen LogP contribution in [0.1, 0.15) is 0 Å². The lowest BCUT2D eigenvalue weighted by Gasteiger charge is -2.35. The van der Waals surface area contributed by atoms with Crippen LogP contribution in [-0.2, 0) is 4.57 Å². The maximum Gasteiger partial charge on any atom is 0.185 e. The molecule has 0 bridgehead atoms. The Labute approximate surface area is 196 Å². The summed E-state index contributed by atoms with van der Waals surface area (Å²) in [6.45, 7) is 0. The van der Waals surface area contributed by atoms with Crippen molar-refractivity contribution in [1.29, 1.82) is 0 Å². The number of rotatable bonds is 2. The zero-order valence-corrected chi connectivity index (χ0v) is 18.8. The molecule has 7 rings (SSSR count). The molecule has 0 atom stereocenters. The normalized spacial score (nSPS) is 14.1. The number of fused-ring (bicyclic) bond motifs is 4. The van der Waals surface area contributed by atoms with Crippen LogP contribution in [-0.4, -0.2) is 9.97 Å². The molecule has 0 spiro atoms. The summed E-state index contributed by atoms with van der Waals surface area (Å²) in [6.07, 6.45) is 6.99. The van der Waals surface area contributed by atoms with E-state index in [1.807, 2.05) is 78.9 Å². The number of aromatic nitrogens is 2. The van der Waals surface area contributed by atoms with Gasteiger partial charge in [-0.15, -0.1) is 0 Å². The van der Waals surface area contributed by atoms with Crippen LogP contribution in [0.15, 0.2) is 104 Å². The molecule has 2 aliphatic rings. The predicted octanol–water partition coefficient (Wildman–Crippen LogP) is 5.66. The fourth-order valence-corrected chi connectivity index (χ4v) is 7.94. The SMILES string of the molecule is O=P12c3cccc(-c4ccncc4)c3Oc3cccc(c31)Oc1c(-c3ccncc3)cccc12. The molecule has 4 heterocycles. The highest BCUT2D eigenvalue weighted by molar-refractivity contribution is 7.86. The number of hydrogen-bond acceptors (Lipinski definition) is 5. The van der Waals surface area contributed by atoms with Crippen molar-refractivity contribution in [2.45, 2.75) is 0 Å². The molecule has 0 saturated heterocycles. The zero-order chi connectivity index (χ0) is 22.7. The largest absolute Gasteiger partial charge is 0.455 e. The highest BCUT2D eigenvalue weighted by Crippen LogP contribution is 2.60. The van der Waals surface area contributed by atoms with Gasteiger partial charge in [-0.05, 0) is 59.7 Å². The first kappa shape index (κ1) is 19.3. The molecule has 0 radical (unpaired) electrons. The number of para-hydroxylation sites is 2. The van der Waals surface area contributed by atoms with Crippen molar-refractivity contribution < 1.29 is 14.0 Å². The first-order chi connectivity index (χ1) is 16.7. The van der Waals surface area contributed by atoms with Gasteiger partial charge in [0.2, 0.25) is 0 Å². The summed E-state index contributed by atoms with van der Waals surface area (Å²) in [7, 11) is -3.29. The van der Waals surface area contributed by atoms with Gasteiger partial charge in [-0.3, -0.25) is 9.97 Å². The van der Waals surface area contributed by atoms with Gasteiger partial charge in [-0.2, -0.15) is 0 Å². The van der Waals surface area contributed by atoms with Gasteiger partial charge in [-0.25, -0.2) is 0 Å². The second-order valence-corrected chi connectivity index (χ2v) is 10.8. The Bertz CT molecular complexity index is 1520. The predicted molar refractivity (Wildman–Crippen MR) is 132 cm³/mol. The molecular weight excluding hydrogens is 443 g/mol. The van der Waals surface area contributed by atoms with Crippen LogP contribution >= 0.6 is 7.14 Å². The topological polar surface area (TPSA) is 61.3 Å². The Morgan fingerprint density at radius 3 is 1.47 bits per heavy atom. The van der Waals surface area contributed by atoms with Gasteiger partial charge < -0.3 is 14.0 Å². The van der Waals surface area contributed by atoms with E-state index in [-0.39, 0.29) is 0 Å². The van der Waals surface area contributed by atoms with Crippen LogP contribution in [0.2, 0.25) is 0 Å². The lowest BCUT2D eigenvalue weighted by Crippen LogP contribution is -2.35. The Morgan fingerprint density at radius 1 is 0.559 bits per heavy atom. The van der Waals surface area contributed by atoms with Crippen molar-refractivity contribution in [2.24, 2.45) is 0 Å². The highest BCUT2D eigenvalue weighted by Gasteiger charge is 2.47. The summed E-state index contributed by atoms with van der Waals surface area (Å²) < 4.78 is 28.2. The molecule has 2 aliphatic heterocycles. The molecule has 34 heavy (non-hydrogen) atoms. The van der Waals surface area contributed by atoms with Crippen LogP contribution in [0.3, 0.4) is 0 Å². The summed E-state index contributed by atoms with van der Waals surface area (Å²) in [5.41, 5.74) is 3.67. The van der Waals surface area contributed by atoms with Gasteiger partial charge >= 0.3 is 0 Å². The second-order valence-electron chi connectivity index (χ2n) is 8.20. The average Bonchev–Trinajstić information content (AvgIpc) is 2.89. The third-order valence-electron chi connectivity index (χ3n) is 6.35. The number of benzene rings is 3. The first-order valence-corrected chi connectivity index (χ1v) is 12.6. The second kappa shape index (κ2) is 7.14. The van der Waals surface area contributed by atoms with E-state index >= 15 is 4.57 Å². The molecule has 5 nitrogen and oxygen atoms in total. The Kier molecular flexibility index (Phi) is 4.05. The van der Waals surface area contributed by atoms with Crippen LogP contribution in [0.25, 0.3) is 22.3 Å². The zero-order valence-electron chi connectivity index (χ0n) is 17.9. The maximum atomic E-state index is 15.3. The van der Waals surface area contributed by atoms with Crippen molar-refractivity contribution in [3.8, 4) is 45.3 Å². The molecule has 2 aromatic heterocycles. The smallest absolute Gasteiger partial charge is 0.185 e. The lowest BCUT2D eigenvalue weighted by molar-refractivity contribution is 0.463. The Hall–Kier alpha value is -4.21. The maximum absolute atomic E-state index is 15.3. The lowest BCUT2D eigenvalue weighted by atomic mass is 10.1. The summed E-state index contributed by atoms with van der Waals surface area (Å²) in [4.78, 5) is 8.27. The van der Waals surface area contributed by atoms with Gasteiger partial charge in [0.15, 0.2) is 7.14 Å². The molecule has 6 heteroatoms. The fourth-order valence-electron chi connectivity index (χ4n) is 4.85. The van der Waals surface area contributed by atoms with Gasteiger partial charge in [0.05, 0.1) is 10.6 Å². The first-order valence-electron chi connectivity index (χ1n) is 10.9. The average molecular weight is 460 g/mol. The molecule has 0 aliphatic carbocycles. The van der Waals surface area contributed by atoms with E-state index in [0.29, 0.717) is 38.9 Å². The number of ether oxygens (including phenoxy) is 2. The molecule has 3 aromatic carbocycles. The van der Waals surface area contributed by atoms with Gasteiger partial charge in [0, 0.05) is 35.9 Å². The molecule has 0 N–H and O–H groups in total. The highest BCUT2D eigenvalue weighted by atomic mass is 31.2. The van der Waals surface area contributed by atoms with Crippen molar-refractivity contribution >= 4 is 23.1 Å². The van der Waals surface area contributed by atoms with Crippen LogP contribution in [0.5, 0.6) is 23.0 Å². The quantitative estimate of drug-likeness (QED) is 0.312. The van der Waals surface area contributed by atoms with Crippen molar-refractivity contribution in [3.05, 3.63) is 104 Å².